The highest BCUT2D eigenvalue weighted by atomic mass is 16.5. The van der Waals surface area contributed by atoms with Gasteiger partial charge in [-0.25, -0.2) is 4.79 Å². The molecule has 0 N–H and O–H groups in total. The van der Waals surface area contributed by atoms with Crippen LogP contribution in [-0.4, -0.2) is 12.6 Å². The van der Waals surface area contributed by atoms with Crippen LogP contribution in [0.5, 0.6) is 11.5 Å². The zero-order chi connectivity index (χ0) is 16.8. The summed E-state index contributed by atoms with van der Waals surface area (Å²) in [5.74, 6) is 0.875. The fourth-order valence-electron chi connectivity index (χ4n) is 2.37. The summed E-state index contributed by atoms with van der Waals surface area (Å²) in [4.78, 5) is 12.2. The first-order chi connectivity index (χ1) is 11.8. The molecule has 0 amide bonds. The van der Waals surface area contributed by atoms with Crippen molar-refractivity contribution >= 4 is 5.97 Å². The van der Waals surface area contributed by atoms with E-state index in [2.05, 4.69) is 0 Å². The van der Waals surface area contributed by atoms with Crippen LogP contribution in [0.25, 0.3) is 11.1 Å². The molecule has 0 aromatic heterocycles. The van der Waals surface area contributed by atoms with Gasteiger partial charge in [-0.1, -0.05) is 42.5 Å². The molecule has 0 unspecified atom stereocenters. The van der Waals surface area contributed by atoms with Gasteiger partial charge in [0.1, 0.15) is 11.5 Å². The van der Waals surface area contributed by atoms with Crippen LogP contribution < -0.4 is 9.47 Å². The Morgan fingerprint density at radius 1 is 0.750 bits per heavy atom. The smallest absolute Gasteiger partial charge is 0.343 e. The second kappa shape index (κ2) is 7.47. The van der Waals surface area contributed by atoms with Crippen LogP contribution in [0.1, 0.15) is 17.3 Å². The Kier molecular flexibility index (Phi) is 4.92. The summed E-state index contributed by atoms with van der Waals surface area (Å²) >= 11 is 0. The third-order valence-corrected chi connectivity index (χ3v) is 3.57. The average molecular weight is 318 g/mol. The quantitative estimate of drug-likeness (QED) is 0.492. The third-order valence-electron chi connectivity index (χ3n) is 3.57. The Bertz CT molecular complexity index is 791. The highest BCUT2D eigenvalue weighted by molar-refractivity contribution is 5.91. The SMILES string of the molecule is CCOc1ccc(C(=O)Oc2ccc(-c3ccccc3)cc2)cc1. The predicted octanol–water partition coefficient (Wildman–Crippen LogP) is 4.97. The van der Waals surface area contributed by atoms with Gasteiger partial charge >= 0.3 is 5.97 Å². The van der Waals surface area contributed by atoms with Crippen LogP contribution in [0.15, 0.2) is 78.9 Å². The first-order valence-electron chi connectivity index (χ1n) is 7.87. The van der Waals surface area contributed by atoms with E-state index in [9.17, 15) is 4.79 Å². The van der Waals surface area contributed by atoms with E-state index in [0.29, 0.717) is 17.9 Å². The molecule has 0 atom stereocenters. The number of esters is 1. The summed E-state index contributed by atoms with van der Waals surface area (Å²) in [5.41, 5.74) is 2.70. The molecule has 3 aromatic carbocycles. The number of hydrogen-bond acceptors (Lipinski definition) is 3. The molecule has 0 saturated heterocycles. The van der Waals surface area contributed by atoms with E-state index < -0.39 is 0 Å². The van der Waals surface area contributed by atoms with Gasteiger partial charge in [0.2, 0.25) is 0 Å². The van der Waals surface area contributed by atoms with E-state index in [-0.39, 0.29) is 5.97 Å². The van der Waals surface area contributed by atoms with Gasteiger partial charge in [-0.2, -0.15) is 0 Å². The monoisotopic (exact) mass is 318 g/mol. The molecule has 3 heteroatoms. The number of carbonyl (C=O) groups is 1. The minimum Gasteiger partial charge on any atom is -0.494 e. The molecule has 24 heavy (non-hydrogen) atoms. The van der Waals surface area contributed by atoms with E-state index in [0.717, 1.165) is 16.9 Å². The van der Waals surface area contributed by atoms with Crippen LogP contribution in [0.3, 0.4) is 0 Å². The molecular formula is C21H18O3. The minimum absolute atomic E-state index is 0.384. The maximum atomic E-state index is 12.2. The van der Waals surface area contributed by atoms with E-state index in [1.165, 1.54) is 0 Å². The highest BCUT2D eigenvalue weighted by Gasteiger charge is 2.09. The summed E-state index contributed by atoms with van der Waals surface area (Å²) in [7, 11) is 0. The Morgan fingerprint density at radius 3 is 1.96 bits per heavy atom. The van der Waals surface area contributed by atoms with Crippen molar-refractivity contribution in [3.63, 3.8) is 0 Å². The first-order valence-corrected chi connectivity index (χ1v) is 7.87. The van der Waals surface area contributed by atoms with Crippen molar-refractivity contribution in [1.29, 1.82) is 0 Å². The Hall–Kier alpha value is -3.07. The lowest BCUT2D eigenvalue weighted by Gasteiger charge is -2.07. The number of rotatable bonds is 5. The molecule has 3 aromatic rings. The Balaban J connectivity index is 1.68. The zero-order valence-corrected chi connectivity index (χ0v) is 13.4. The van der Waals surface area contributed by atoms with Crippen molar-refractivity contribution in [2.24, 2.45) is 0 Å². The largest absolute Gasteiger partial charge is 0.494 e. The van der Waals surface area contributed by atoms with E-state index in [1.807, 2.05) is 49.4 Å². The number of hydrogen-bond donors (Lipinski definition) is 0. The molecule has 0 saturated carbocycles. The van der Waals surface area contributed by atoms with Crippen molar-refractivity contribution in [2.45, 2.75) is 6.92 Å². The van der Waals surface area contributed by atoms with Crippen LogP contribution in [0.2, 0.25) is 0 Å². The standard InChI is InChI=1S/C21H18O3/c1-2-23-19-12-10-18(11-13-19)21(22)24-20-14-8-17(9-15-20)16-6-4-3-5-7-16/h3-15H,2H2,1H3. The highest BCUT2D eigenvalue weighted by Crippen LogP contribution is 2.23. The molecule has 0 aliphatic rings. The lowest BCUT2D eigenvalue weighted by Crippen LogP contribution is -2.08. The normalized spacial score (nSPS) is 10.2. The van der Waals surface area contributed by atoms with Crippen molar-refractivity contribution in [2.75, 3.05) is 6.61 Å². The van der Waals surface area contributed by atoms with Gasteiger partial charge in [-0.05, 0) is 54.4 Å². The molecule has 0 heterocycles. The molecule has 120 valence electrons. The fourth-order valence-corrected chi connectivity index (χ4v) is 2.37. The summed E-state index contributed by atoms with van der Waals surface area (Å²) < 4.78 is 10.8. The van der Waals surface area contributed by atoms with E-state index in [1.54, 1.807) is 36.4 Å². The van der Waals surface area contributed by atoms with Crippen molar-refractivity contribution in [3.05, 3.63) is 84.4 Å². The third kappa shape index (κ3) is 3.82. The van der Waals surface area contributed by atoms with Crippen LogP contribution in [0, 0.1) is 0 Å². The van der Waals surface area contributed by atoms with Gasteiger partial charge in [0, 0.05) is 0 Å². The van der Waals surface area contributed by atoms with Gasteiger partial charge in [-0.15, -0.1) is 0 Å². The maximum absolute atomic E-state index is 12.2. The molecule has 0 spiro atoms. The lowest BCUT2D eigenvalue weighted by molar-refractivity contribution is 0.0735. The van der Waals surface area contributed by atoms with Gasteiger partial charge < -0.3 is 9.47 Å². The number of carbonyl (C=O) groups excluding carboxylic acids is 1. The summed E-state index contributed by atoms with van der Waals surface area (Å²) in [5, 5.41) is 0. The van der Waals surface area contributed by atoms with Gasteiger partial charge in [0.25, 0.3) is 0 Å². The predicted molar refractivity (Wildman–Crippen MR) is 94.4 cm³/mol. The lowest BCUT2D eigenvalue weighted by atomic mass is 10.1. The van der Waals surface area contributed by atoms with Gasteiger partial charge in [0.15, 0.2) is 0 Å². The molecule has 0 fully saturated rings. The second-order valence-electron chi connectivity index (χ2n) is 5.24. The number of ether oxygens (including phenoxy) is 2. The van der Waals surface area contributed by atoms with Crippen molar-refractivity contribution in [3.8, 4) is 22.6 Å². The molecular weight excluding hydrogens is 300 g/mol. The second-order valence-corrected chi connectivity index (χ2v) is 5.24. The summed E-state index contributed by atoms with van der Waals surface area (Å²) in [6.07, 6.45) is 0. The average Bonchev–Trinajstić information content (AvgIpc) is 2.64. The molecule has 3 nitrogen and oxygen atoms in total. The molecule has 3 rings (SSSR count). The van der Waals surface area contributed by atoms with Crippen molar-refractivity contribution < 1.29 is 14.3 Å². The topological polar surface area (TPSA) is 35.5 Å². The van der Waals surface area contributed by atoms with Gasteiger partial charge in [-0.3, -0.25) is 0 Å². The zero-order valence-electron chi connectivity index (χ0n) is 13.4. The minimum atomic E-state index is -0.384. The summed E-state index contributed by atoms with van der Waals surface area (Å²) in [6, 6.07) is 24.5. The van der Waals surface area contributed by atoms with Gasteiger partial charge in [0.05, 0.1) is 12.2 Å². The van der Waals surface area contributed by atoms with E-state index >= 15 is 0 Å². The fraction of sp³-hybridized carbons (Fsp3) is 0.0952. The molecule has 0 aliphatic carbocycles. The van der Waals surface area contributed by atoms with Crippen LogP contribution in [-0.2, 0) is 0 Å². The molecule has 0 aliphatic heterocycles. The van der Waals surface area contributed by atoms with Crippen molar-refractivity contribution in [1.82, 2.24) is 0 Å². The maximum Gasteiger partial charge on any atom is 0.343 e. The Labute approximate surface area is 141 Å². The van der Waals surface area contributed by atoms with Crippen LogP contribution in [0.4, 0.5) is 0 Å². The van der Waals surface area contributed by atoms with Crippen LogP contribution >= 0.6 is 0 Å². The molecule has 0 radical (unpaired) electrons. The van der Waals surface area contributed by atoms with E-state index in [4.69, 9.17) is 9.47 Å². The number of benzene rings is 3. The first kappa shape index (κ1) is 15.8. The molecule has 0 bridgehead atoms. The Morgan fingerprint density at radius 2 is 1.33 bits per heavy atom. The summed E-state index contributed by atoms with van der Waals surface area (Å²) in [6.45, 7) is 2.51.